The van der Waals surface area contributed by atoms with Crippen LogP contribution in [0.2, 0.25) is 0 Å². The summed E-state index contributed by atoms with van der Waals surface area (Å²) in [5.41, 5.74) is 7.37. The van der Waals surface area contributed by atoms with Crippen LogP contribution in [0.15, 0.2) is 12.1 Å². The number of rotatable bonds is 4. The highest BCUT2D eigenvalue weighted by Gasteiger charge is 2.35. The second-order valence-corrected chi connectivity index (χ2v) is 4.43. The van der Waals surface area contributed by atoms with Crippen molar-refractivity contribution in [2.24, 2.45) is 5.73 Å². The maximum absolute atomic E-state index is 11.1. The number of methoxy groups -OCH3 is 2. The van der Waals surface area contributed by atoms with Crippen LogP contribution in [0.1, 0.15) is 35.2 Å². The molecule has 1 saturated carbocycles. The van der Waals surface area contributed by atoms with Crippen molar-refractivity contribution in [1.29, 1.82) is 0 Å². The normalized spacial score (nSPS) is 17.1. The van der Waals surface area contributed by atoms with Crippen LogP contribution >= 0.6 is 0 Å². The van der Waals surface area contributed by atoms with Crippen LogP contribution in [-0.4, -0.2) is 20.5 Å². The molecule has 1 aliphatic rings. The van der Waals surface area contributed by atoms with Gasteiger partial charge in [-0.2, -0.15) is 0 Å². The van der Waals surface area contributed by atoms with Crippen molar-refractivity contribution >= 4 is 6.29 Å². The molecule has 4 nitrogen and oxygen atoms in total. The summed E-state index contributed by atoms with van der Waals surface area (Å²) < 4.78 is 10.4. The molecular formula is C13H17NO3. The Hall–Kier alpha value is -1.55. The lowest BCUT2D eigenvalue weighted by molar-refractivity contribution is 0.111. The first kappa shape index (κ1) is 11.9. The van der Waals surface area contributed by atoms with Crippen LogP contribution in [0, 0.1) is 0 Å². The number of carbonyl (C=O) groups excluding carboxylic acids is 1. The number of benzene rings is 1. The first-order valence-electron chi connectivity index (χ1n) is 5.65. The number of hydrogen-bond donors (Lipinski definition) is 1. The molecule has 2 rings (SSSR count). The molecule has 92 valence electrons. The molecule has 0 heterocycles. The molecule has 2 N–H and O–H groups in total. The van der Waals surface area contributed by atoms with E-state index in [1.807, 2.05) is 6.07 Å². The Balaban J connectivity index is 2.52. The highest BCUT2D eigenvalue weighted by atomic mass is 16.5. The van der Waals surface area contributed by atoms with Gasteiger partial charge < -0.3 is 15.2 Å². The molecule has 0 aromatic heterocycles. The summed E-state index contributed by atoms with van der Waals surface area (Å²) in [6.45, 7) is 0. The van der Waals surface area contributed by atoms with Gasteiger partial charge in [0, 0.05) is 5.54 Å². The number of carbonyl (C=O) groups is 1. The van der Waals surface area contributed by atoms with Gasteiger partial charge in [0.1, 0.15) is 0 Å². The van der Waals surface area contributed by atoms with Gasteiger partial charge in [-0.25, -0.2) is 0 Å². The lowest BCUT2D eigenvalue weighted by Crippen LogP contribution is -2.43. The van der Waals surface area contributed by atoms with E-state index in [1.54, 1.807) is 13.2 Å². The van der Waals surface area contributed by atoms with Gasteiger partial charge in [-0.3, -0.25) is 4.79 Å². The van der Waals surface area contributed by atoms with Crippen molar-refractivity contribution in [3.05, 3.63) is 23.3 Å². The number of nitrogens with two attached hydrogens (primary N) is 1. The lowest BCUT2D eigenvalue weighted by Gasteiger charge is -2.39. The molecule has 1 fully saturated rings. The van der Waals surface area contributed by atoms with Gasteiger partial charge in [0.05, 0.1) is 19.8 Å². The molecule has 1 aromatic rings. The fraction of sp³-hybridized carbons (Fsp3) is 0.462. The van der Waals surface area contributed by atoms with E-state index in [2.05, 4.69) is 0 Å². The average molecular weight is 235 g/mol. The molecule has 0 atom stereocenters. The van der Waals surface area contributed by atoms with Crippen LogP contribution in [0.5, 0.6) is 11.5 Å². The summed E-state index contributed by atoms with van der Waals surface area (Å²) in [4.78, 5) is 11.1. The fourth-order valence-corrected chi connectivity index (χ4v) is 2.22. The van der Waals surface area contributed by atoms with Gasteiger partial charge in [-0.1, -0.05) is 0 Å². The van der Waals surface area contributed by atoms with Crippen molar-refractivity contribution < 1.29 is 14.3 Å². The van der Waals surface area contributed by atoms with Gasteiger partial charge in [0.25, 0.3) is 0 Å². The molecule has 17 heavy (non-hydrogen) atoms. The van der Waals surface area contributed by atoms with E-state index < -0.39 is 0 Å². The summed E-state index contributed by atoms with van der Waals surface area (Å²) in [6.07, 6.45) is 3.79. The van der Waals surface area contributed by atoms with Crippen molar-refractivity contribution in [3.63, 3.8) is 0 Å². The van der Waals surface area contributed by atoms with Gasteiger partial charge in [0.15, 0.2) is 17.8 Å². The van der Waals surface area contributed by atoms with Crippen molar-refractivity contribution in [2.45, 2.75) is 24.8 Å². The van der Waals surface area contributed by atoms with Gasteiger partial charge in [-0.15, -0.1) is 0 Å². The second-order valence-electron chi connectivity index (χ2n) is 4.43. The number of hydrogen-bond acceptors (Lipinski definition) is 4. The standard InChI is InChI=1S/C13H17NO3/c1-16-11-7-10(13(14)4-3-5-13)6-9(8-15)12(11)17-2/h6-8H,3-5,14H2,1-2H3. The fourth-order valence-electron chi connectivity index (χ4n) is 2.22. The minimum atomic E-state index is -0.308. The van der Waals surface area contributed by atoms with Crippen LogP contribution in [0.4, 0.5) is 0 Å². The van der Waals surface area contributed by atoms with Crippen molar-refractivity contribution in [2.75, 3.05) is 14.2 Å². The molecule has 0 saturated heterocycles. The Labute approximate surface area is 101 Å². The second kappa shape index (κ2) is 4.37. The van der Waals surface area contributed by atoms with Crippen LogP contribution in [-0.2, 0) is 5.54 Å². The lowest BCUT2D eigenvalue weighted by atomic mass is 9.72. The summed E-state index contributed by atoms with van der Waals surface area (Å²) in [5.74, 6) is 1.03. The Morgan fingerprint density at radius 3 is 2.41 bits per heavy atom. The van der Waals surface area contributed by atoms with Crippen molar-refractivity contribution in [1.82, 2.24) is 0 Å². The maximum atomic E-state index is 11.1. The van der Waals surface area contributed by atoms with E-state index in [0.717, 1.165) is 31.1 Å². The SMILES string of the molecule is COc1cc(C2(N)CCC2)cc(C=O)c1OC. The molecule has 0 spiro atoms. The minimum Gasteiger partial charge on any atom is -0.493 e. The minimum absolute atomic E-state index is 0.308. The van der Waals surface area contributed by atoms with Crippen LogP contribution in [0.25, 0.3) is 0 Å². The van der Waals surface area contributed by atoms with Gasteiger partial charge in [0.2, 0.25) is 0 Å². The number of ether oxygens (including phenoxy) is 2. The largest absolute Gasteiger partial charge is 0.493 e. The average Bonchev–Trinajstić information content (AvgIpc) is 2.33. The summed E-state index contributed by atoms with van der Waals surface area (Å²) in [7, 11) is 3.08. The summed E-state index contributed by atoms with van der Waals surface area (Å²) in [5, 5.41) is 0. The topological polar surface area (TPSA) is 61.5 Å². The Morgan fingerprint density at radius 1 is 1.29 bits per heavy atom. The zero-order chi connectivity index (χ0) is 12.5. The molecule has 0 amide bonds. The first-order chi connectivity index (χ1) is 8.14. The highest BCUT2D eigenvalue weighted by molar-refractivity contribution is 5.82. The molecular weight excluding hydrogens is 218 g/mol. The zero-order valence-corrected chi connectivity index (χ0v) is 10.2. The predicted molar refractivity (Wildman–Crippen MR) is 64.6 cm³/mol. The molecule has 0 bridgehead atoms. The Kier molecular flexibility index (Phi) is 3.07. The number of aldehydes is 1. The third-order valence-corrected chi connectivity index (χ3v) is 3.46. The third-order valence-electron chi connectivity index (χ3n) is 3.46. The van der Waals surface area contributed by atoms with E-state index in [9.17, 15) is 4.79 Å². The van der Waals surface area contributed by atoms with Gasteiger partial charge >= 0.3 is 0 Å². The highest BCUT2D eigenvalue weighted by Crippen LogP contribution is 2.42. The quantitative estimate of drug-likeness (QED) is 0.809. The molecule has 4 heteroatoms. The molecule has 0 unspecified atom stereocenters. The third kappa shape index (κ3) is 1.89. The Bertz CT molecular complexity index is 439. The molecule has 0 aliphatic heterocycles. The summed E-state index contributed by atoms with van der Waals surface area (Å²) >= 11 is 0. The molecule has 1 aliphatic carbocycles. The zero-order valence-electron chi connectivity index (χ0n) is 10.2. The van der Waals surface area contributed by atoms with Gasteiger partial charge in [-0.05, 0) is 37.0 Å². The van der Waals surface area contributed by atoms with E-state index in [0.29, 0.717) is 17.1 Å². The van der Waals surface area contributed by atoms with E-state index in [4.69, 9.17) is 15.2 Å². The summed E-state index contributed by atoms with van der Waals surface area (Å²) in [6, 6.07) is 3.67. The molecule has 0 radical (unpaired) electrons. The van der Waals surface area contributed by atoms with Crippen LogP contribution in [0.3, 0.4) is 0 Å². The monoisotopic (exact) mass is 235 g/mol. The van der Waals surface area contributed by atoms with E-state index >= 15 is 0 Å². The van der Waals surface area contributed by atoms with E-state index in [1.165, 1.54) is 7.11 Å². The van der Waals surface area contributed by atoms with E-state index in [-0.39, 0.29) is 5.54 Å². The predicted octanol–water partition coefficient (Wildman–Crippen LogP) is 1.85. The smallest absolute Gasteiger partial charge is 0.171 e. The molecule has 1 aromatic carbocycles. The van der Waals surface area contributed by atoms with Crippen molar-refractivity contribution in [3.8, 4) is 11.5 Å². The Morgan fingerprint density at radius 2 is 2.00 bits per heavy atom. The first-order valence-corrected chi connectivity index (χ1v) is 5.65. The van der Waals surface area contributed by atoms with Crippen LogP contribution < -0.4 is 15.2 Å². The maximum Gasteiger partial charge on any atom is 0.171 e.